The van der Waals surface area contributed by atoms with E-state index in [1.807, 2.05) is 6.92 Å². The van der Waals surface area contributed by atoms with Gasteiger partial charge in [0.2, 0.25) is 6.10 Å². The highest BCUT2D eigenvalue weighted by Crippen LogP contribution is 2.32. The first-order chi connectivity index (χ1) is 8.61. The highest BCUT2D eigenvalue weighted by Gasteiger charge is 2.45. The third-order valence-corrected chi connectivity index (χ3v) is 3.31. The van der Waals surface area contributed by atoms with Gasteiger partial charge in [-0.05, 0) is 6.42 Å². The number of cyclic esters (lactones) is 1. The smallest absolute Gasteiger partial charge is 0.348 e. The van der Waals surface area contributed by atoms with Crippen LogP contribution in [0.2, 0.25) is 0 Å². The summed E-state index contributed by atoms with van der Waals surface area (Å²) >= 11 is 0. The molecule has 1 aliphatic heterocycles. The Balaban J connectivity index is 2.52. The molecule has 0 aromatic rings. The Bertz CT molecular complexity index is 342. The molecule has 1 saturated heterocycles. The first kappa shape index (κ1) is 14.6. The lowest BCUT2D eigenvalue weighted by Gasteiger charge is -2.14. The van der Waals surface area contributed by atoms with Crippen LogP contribution in [0.4, 0.5) is 0 Å². The van der Waals surface area contributed by atoms with Gasteiger partial charge in [0.15, 0.2) is 6.61 Å². The van der Waals surface area contributed by atoms with E-state index in [1.54, 1.807) is 0 Å². The maximum absolute atomic E-state index is 11.7. The molecule has 0 N–H and O–H groups in total. The number of hydrogen-bond donors (Lipinski definition) is 0. The lowest BCUT2D eigenvalue weighted by atomic mass is 9.88. The van der Waals surface area contributed by atoms with Crippen LogP contribution < -0.4 is 0 Å². The number of hydrogen-bond acceptors (Lipinski definition) is 4. The Kier molecular flexibility index (Phi) is 5.70. The van der Waals surface area contributed by atoms with Crippen molar-refractivity contribution >= 4 is 11.9 Å². The maximum atomic E-state index is 11.7. The highest BCUT2D eigenvalue weighted by molar-refractivity contribution is 5.85. The van der Waals surface area contributed by atoms with Crippen molar-refractivity contribution in [3.63, 3.8) is 0 Å². The van der Waals surface area contributed by atoms with Crippen molar-refractivity contribution in [1.82, 2.24) is 0 Å². The van der Waals surface area contributed by atoms with Crippen molar-refractivity contribution in [2.45, 2.75) is 45.6 Å². The van der Waals surface area contributed by atoms with Crippen LogP contribution in [-0.4, -0.2) is 24.6 Å². The number of unbranched alkanes of at least 4 members (excludes halogenated alkanes) is 2. The molecule has 1 fully saturated rings. The van der Waals surface area contributed by atoms with Gasteiger partial charge in [-0.2, -0.15) is 0 Å². The van der Waals surface area contributed by atoms with E-state index in [9.17, 15) is 9.59 Å². The summed E-state index contributed by atoms with van der Waals surface area (Å²) in [5.74, 6) is 1.06. The predicted octanol–water partition coefficient (Wildman–Crippen LogP) is 1.92. The summed E-state index contributed by atoms with van der Waals surface area (Å²) in [6.07, 6.45) is 8.15. The van der Waals surface area contributed by atoms with Crippen LogP contribution in [0.15, 0.2) is 0 Å². The van der Waals surface area contributed by atoms with Gasteiger partial charge in [0.1, 0.15) is 0 Å². The fourth-order valence-electron chi connectivity index (χ4n) is 2.20. The Morgan fingerprint density at radius 2 is 2.22 bits per heavy atom. The molecule has 3 atom stereocenters. The number of carbonyl (C=O) groups is 2. The van der Waals surface area contributed by atoms with Gasteiger partial charge < -0.3 is 9.47 Å². The van der Waals surface area contributed by atoms with Crippen LogP contribution in [0.1, 0.15) is 39.5 Å². The Morgan fingerprint density at radius 3 is 2.83 bits per heavy atom. The molecule has 1 rings (SSSR count). The van der Waals surface area contributed by atoms with E-state index in [1.165, 1.54) is 0 Å². The van der Waals surface area contributed by atoms with Gasteiger partial charge >= 0.3 is 11.9 Å². The molecule has 0 unspecified atom stereocenters. The molecule has 4 nitrogen and oxygen atoms in total. The number of carbonyl (C=O) groups excluding carboxylic acids is 2. The van der Waals surface area contributed by atoms with Crippen LogP contribution >= 0.6 is 0 Å². The Morgan fingerprint density at radius 1 is 1.50 bits per heavy atom. The fourth-order valence-corrected chi connectivity index (χ4v) is 2.20. The van der Waals surface area contributed by atoms with E-state index in [4.69, 9.17) is 15.9 Å². The molecule has 1 aliphatic rings. The molecule has 4 heteroatoms. The summed E-state index contributed by atoms with van der Waals surface area (Å²) in [4.78, 5) is 23.3. The van der Waals surface area contributed by atoms with E-state index in [-0.39, 0.29) is 24.4 Å². The summed E-state index contributed by atoms with van der Waals surface area (Å²) in [5.41, 5.74) is 0. The molecule has 18 heavy (non-hydrogen) atoms. The SMILES string of the molecule is C#CCOC(=O)[C@@H]1OC(=O)[C@@H](CCCCC)[C@H]1C. The maximum Gasteiger partial charge on any atom is 0.348 e. The molecule has 0 saturated carbocycles. The molecule has 0 radical (unpaired) electrons. The number of ether oxygens (including phenoxy) is 2. The Hall–Kier alpha value is -1.50. The van der Waals surface area contributed by atoms with Crippen LogP contribution in [0.3, 0.4) is 0 Å². The topological polar surface area (TPSA) is 52.6 Å². The van der Waals surface area contributed by atoms with Crippen LogP contribution in [0, 0.1) is 24.2 Å². The van der Waals surface area contributed by atoms with E-state index >= 15 is 0 Å². The highest BCUT2D eigenvalue weighted by atomic mass is 16.6. The summed E-state index contributed by atoms with van der Waals surface area (Å²) in [6.45, 7) is 3.87. The number of rotatable bonds is 6. The zero-order valence-electron chi connectivity index (χ0n) is 11.0. The minimum absolute atomic E-state index is 0.0832. The first-order valence-corrected chi connectivity index (χ1v) is 6.42. The molecule has 0 bridgehead atoms. The third-order valence-electron chi connectivity index (χ3n) is 3.31. The van der Waals surface area contributed by atoms with E-state index in [0.29, 0.717) is 0 Å². The van der Waals surface area contributed by atoms with Gasteiger partial charge in [0.25, 0.3) is 0 Å². The first-order valence-electron chi connectivity index (χ1n) is 6.42. The average Bonchev–Trinajstić information content (AvgIpc) is 2.64. The van der Waals surface area contributed by atoms with E-state index in [0.717, 1.165) is 25.7 Å². The molecule has 1 heterocycles. The average molecular weight is 252 g/mol. The van der Waals surface area contributed by atoms with Crippen molar-refractivity contribution in [1.29, 1.82) is 0 Å². The third kappa shape index (κ3) is 3.49. The lowest BCUT2D eigenvalue weighted by molar-refractivity contribution is -0.161. The second kappa shape index (κ2) is 7.05. The van der Waals surface area contributed by atoms with Crippen molar-refractivity contribution < 1.29 is 19.1 Å². The molecule has 0 spiro atoms. The molecule has 100 valence electrons. The van der Waals surface area contributed by atoms with Gasteiger partial charge in [-0.25, -0.2) is 4.79 Å². The fraction of sp³-hybridized carbons (Fsp3) is 0.714. The minimum Gasteiger partial charge on any atom is -0.450 e. The van der Waals surface area contributed by atoms with Crippen LogP contribution in [0.5, 0.6) is 0 Å². The van der Waals surface area contributed by atoms with Crippen molar-refractivity contribution in [3.8, 4) is 12.3 Å². The second-order valence-corrected chi connectivity index (χ2v) is 4.63. The van der Waals surface area contributed by atoms with Gasteiger partial charge in [-0.1, -0.05) is 39.0 Å². The molecular formula is C14H20O4. The summed E-state index contributed by atoms with van der Waals surface area (Å²) in [6, 6.07) is 0. The summed E-state index contributed by atoms with van der Waals surface area (Å²) in [5, 5.41) is 0. The Labute approximate surface area is 108 Å². The molecular weight excluding hydrogens is 232 g/mol. The molecule has 0 aromatic carbocycles. The van der Waals surface area contributed by atoms with Gasteiger partial charge in [0, 0.05) is 5.92 Å². The summed E-state index contributed by atoms with van der Waals surface area (Å²) in [7, 11) is 0. The van der Waals surface area contributed by atoms with Crippen molar-refractivity contribution in [2.24, 2.45) is 11.8 Å². The number of esters is 2. The van der Waals surface area contributed by atoms with E-state index in [2.05, 4.69) is 12.8 Å². The minimum atomic E-state index is -0.794. The van der Waals surface area contributed by atoms with Crippen molar-refractivity contribution in [2.75, 3.05) is 6.61 Å². The predicted molar refractivity (Wildman–Crippen MR) is 66.5 cm³/mol. The zero-order valence-corrected chi connectivity index (χ0v) is 11.0. The van der Waals surface area contributed by atoms with E-state index < -0.39 is 12.1 Å². The van der Waals surface area contributed by atoms with Crippen LogP contribution in [0.25, 0.3) is 0 Å². The molecule has 0 aromatic heterocycles. The second-order valence-electron chi connectivity index (χ2n) is 4.63. The normalized spacial score (nSPS) is 26.5. The quantitative estimate of drug-likeness (QED) is 0.412. The summed E-state index contributed by atoms with van der Waals surface area (Å²) < 4.78 is 9.91. The standard InChI is InChI=1S/C14H20O4/c1-4-6-7-8-11-10(3)12(18-13(11)15)14(16)17-9-5-2/h2,10-12H,4,6-9H2,1,3H3/t10-,11+,12-/m1/s1. The monoisotopic (exact) mass is 252 g/mol. The largest absolute Gasteiger partial charge is 0.450 e. The molecule has 0 amide bonds. The van der Waals surface area contributed by atoms with Crippen molar-refractivity contribution in [3.05, 3.63) is 0 Å². The number of terminal acetylenes is 1. The molecule has 0 aliphatic carbocycles. The lowest BCUT2D eigenvalue weighted by Crippen LogP contribution is -2.29. The van der Waals surface area contributed by atoms with Gasteiger partial charge in [-0.3, -0.25) is 4.79 Å². The zero-order chi connectivity index (χ0) is 13.5. The van der Waals surface area contributed by atoms with Gasteiger partial charge in [-0.15, -0.1) is 6.42 Å². The van der Waals surface area contributed by atoms with Crippen LogP contribution in [-0.2, 0) is 19.1 Å². The van der Waals surface area contributed by atoms with Gasteiger partial charge in [0.05, 0.1) is 5.92 Å².